The summed E-state index contributed by atoms with van der Waals surface area (Å²) in [5.74, 6) is 1.23. The van der Waals surface area contributed by atoms with Crippen LogP contribution in [0.2, 0.25) is 0 Å². The first-order valence-corrected chi connectivity index (χ1v) is 10.0. The topological polar surface area (TPSA) is 76.1 Å². The van der Waals surface area contributed by atoms with Crippen LogP contribution >= 0.6 is 0 Å². The van der Waals surface area contributed by atoms with Gasteiger partial charge < -0.3 is 10.1 Å². The molecule has 1 fully saturated rings. The van der Waals surface area contributed by atoms with E-state index in [0.717, 1.165) is 30.8 Å². The van der Waals surface area contributed by atoms with Crippen molar-refractivity contribution in [2.75, 3.05) is 25.0 Å². The highest BCUT2D eigenvalue weighted by atomic mass is 16.5. The molecule has 3 aromatic heterocycles. The average Bonchev–Trinajstić information content (AvgIpc) is 2.80. The minimum absolute atomic E-state index is 0.0784. The number of hydrogen-bond donors (Lipinski definition) is 1. The number of nitrogens with zero attached hydrogens (tertiary/aromatic N) is 5. The predicted molar refractivity (Wildman–Crippen MR) is 115 cm³/mol. The number of pyridine rings is 2. The molecule has 1 saturated heterocycles. The Morgan fingerprint density at radius 1 is 0.933 bits per heavy atom. The molecule has 1 aromatic carbocycles. The molecular formula is C23H22N6O. The van der Waals surface area contributed by atoms with Gasteiger partial charge in [-0.15, -0.1) is 0 Å². The summed E-state index contributed by atoms with van der Waals surface area (Å²) in [4.78, 5) is 20.0. The molecule has 30 heavy (non-hydrogen) atoms. The molecule has 0 saturated carbocycles. The van der Waals surface area contributed by atoms with Gasteiger partial charge in [-0.1, -0.05) is 24.3 Å². The van der Waals surface area contributed by atoms with Crippen molar-refractivity contribution in [2.45, 2.75) is 12.6 Å². The van der Waals surface area contributed by atoms with Crippen LogP contribution in [0.15, 0.2) is 73.2 Å². The molecule has 0 radical (unpaired) electrons. The highest BCUT2D eigenvalue weighted by Gasteiger charge is 2.24. The molecule has 7 nitrogen and oxygen atoms in total. The van der Waals surface area contributed by atoms with Crippen molar-refractivity contribution in [1.82, 2.24) is 24.8 Å². The number of morpholine rings is 1. The lowest BCUT2D eigenvalue weighted by atomic mass is 10.1. The molecule has 1 atom stereocenters. The number of rotatable bonds is 5. The lowest BCUT2D eigenvalue weighted by Gasteiger charge is -2.33. The number of anilines is 2. The van der Waals surface area contributed by atoms with Crippen LogP contribution in [0, 0.1) is 0 Å². The van der Waals surface area contributed by atoms with Crippen molar-refractivity contribution in [2.24, 2.45) is 0 Å². The van der Waals surface area contributed by atoms with Crippen LogP contribution in [0.3, 0.4) is 0 Å². The Kier molecular flexibility index (Phi) is 5.28. The van der Waals surface area contributed by atoms with Crippen molar-refractivity contribution in [3.63, 3.8) is 0 Å². The number of fused-ring (bicyclic) bond motifs is 1. The summed E-state index contributed by atoms with van der Waals surface area (Å²) >= 11 is 0. The Labute approximate surface area is 174 Å². The van der Waals surface area contributed by atoms with Gasteiger partial charge in [0, 0.05) is 43.6 Å². The van der Waals surface area contributed by atoms with Gasteiger partial charge in [0.1, 0.15) is 11.9 Å². The second-order valence-corrected chi connectivity index (χ2v) is 7.23. The van der Waals surface area contributed by atoms with Crippen molar-refractivity contribution in [3.05, 3.63) is 84.4 Å². The Morgan fingerprint density at radius 3 is 2.77 bits per heavy atom. The van der Waals surface area contributed by atoms with E-state index >= 15 is 0 Å². The van der Waals surface area contributed by atoms with Crippen LogP contribution < -0.4 is 5.32 Å². The zero-order chi connectivity index (χ0) is 20.2. The Morgan fingerprint density at radius 2 is 1.83 bits per heavy atom. The van der Waals surface area contributed by atoms with Crippen LogP contribution in [0.25, 0.3) is 10.9 Å². The van der Waals surface area contributed by atoms with E-state index in [-0.39, 0.29) is 6.10 Å². The third-order valence-corrected chi connectivity index (χ3v) is 5.19. The van der Waals surface area contributed by atoms with Crippen LogP contribution in [0.5, 0.6) is 0 Å². The third-order valence-electron chi connectivity index (χ3n) is 5.19. The molecule has 1 aliphatic heterocycles. The van der Waals surface area contributed by atoms with Crippen LogP contribution in [-0.4, -0.2) is 44.5 Å². The molecule has 0 amide bonds. The highest BCUT2D eigenvalue weighted by molar-refractivity contribution is 5.81. The molecule has 0 spiro atoms. The number of hydrogen-bond acceptors (Lipinski definition) is 7. The number of nitrogens with one attached hydrogen (secondary N) is 1. The van der Waals surface area contributed by atoms with Gasteiger partial charge in [0.05, 0.1) is 17.8 Å². The summed E-state index contributed by atoms with van der Waals surface area (Å²) in [6.07, 6.45) is 5.21. The van der Waals surface area contributed by atoms with Crippen molar-refractivity contribution >= 4 is 22.7 Å². The fourth-order valence-electron chi connectivity index (χ4n) is 3.74. The van der Waals surface area contributed by atoms with E-state index in [1.54, 1.807) is 18.5 Å². The summed E-state index contributed by atoms with van der Waals surface area (Å²) in [6.45, 7) is 3.21. The van der Waals surface area contributed by atoms with Gasteiger partial charge in [-0.2, -0.15) is 0 Å². The SMILES string of the molecule is c1cnc(Nc2cccc([C@@H]3CN(Cc4ccnc5ccccc45)CCO3)n2)nc1. The molecule has 0 unspecified atom stereocenters. The number of ether oxygens (including phenoxy) is 1. The van der Waals surface area contributed by atoms with Crippen molar-refractivity contribution in [1.29, 1.82) is 0 Å². The molecular weight excluding hydrogens is 376 g/mol. The summed E-state index contributed by atoms with van der Waals surface area (Å²) in [5.41, 5.74) is 3.22. The van der Waals surface area contributed by atoms with Gasteiger partial charge in [0.25, 0.3) is 0 Å². The summed E-state index contributed by atoms with van der Waals surface area (Å²) < 4.78 is 6.05. The normalized spacial score (nSPS) is 17.1. The summed E-state index contributed by atoms with van der Waals surface area (Å²) in [5, 5.41) is 4.35. The lowest BCUT2D eigenvalue weighted by molar-refractivity contribution is -0.0348. The average molecular weight is 398 g/mol. The molecule has 5 rings (SSSR count). The number of aromatic nitrogens is 4. The first kappa shape index (κ1) is 18.6. The third kappa shape index (κ3) is 4.12. The fourth-order valence-corrected chi connectivity index (χ4v) is 3.74. The maximum atomic E-state index is 6.05. The summed E-state index contributed by atoms with van der Waals surface area (Å²) in [7, 11) is 0. The predicted octanol–water partition coefficient (Wildman–Crippen LogP) is 3.74. The van der Waals surface area contributed by atoms with Gasteiger partial charge in [0.15, 0.2) is 0 Å². The number of para-hydroxylation sites is 1. The Hall–Kier alpha value is -3.42. The molecule has 7 heteroatoms. The van der Waals surface area contributed by atoms with E-state index < -0.39 is 0 Å². The Balaban J connectivity index is 1.31. The lowest BCUT2D eigenvalue weighted by Crippen LogP contribution is -2.38. The van der Waals surface area contributed by atoms with Crippen LogP contribution in [-0.2, 0) is 11.3 Å². The van der Waals surface area contributed by atoms with Crippen LogP contribution in [0.4, 0.5) is 11.8 Å². The first-order valence-electron chi connectivity index (χ1n) is 10.0. The van der Waals surface area contributed by atoms with Gasteiger partial charge >= 0.3 is 0 Å². The van der Waals surface area contributed by atoms with E-state index in [2.05, 4.69) is 49.4 Å². The minimum atomic E-state index is -0.0784. The zero-order valence-electron chi connectivity index (χ0n) is 16.5. The molecule has 1 aliphatic rings. The van der Waals surface area contributed by atoms with Gasteiger partial charge in [-0.05, 0) is 35.9 Å². The van der Waals surface area contributed by atoms with E-state index in [0.29, 0.717) is 18.4 Å². The van der Waals surface area contributed by atoms with Crippen molar-refractivity contribution < 1.29 is 4.74 Å². The zero-order valence-corrected chi connectivity index (χ0v) is 16.5. The molecule has 4 aromatic rings. The van der Waals surface area contributed by atoms with E-state index in [1.165, 1.54) is 10.9 Å². The summed E-state index contributed by atoms with van der Waals surface area (Å²) in [6, 6.07) is 18.1. The molecule has 0 bridgehead atoms. The number of benzene rings is 1. The second kappa shape index (κ2) is 8.52. The highest BCUT2D eigenvalue weighted by Crippen LogP contribution is 2.25. The van der Waals surface area contributed by atoms with Gasteiger partial charge in [0.2, 0.25) is 5.95 Å². The van der Waals surface area contributed by atoms with E-state index in [1.807, 2.05) is 30.5 Å². The molecule has 150 valence electrons. The maximum Gasteiger partial charge on any atom is 0.228 e. The maximum absolute atomic E-state index is 6.05. The first-order chi connectivity index (χ1) is 14.8. The van der Waals surface area contributed by atoms with E-state index in [9.17, 15) is 0 Å². The van der Waals surface area contributed by atoms with E-state index in [4.69, 9.17) is 9.72 Å². The fraction of sp³-hybridized carbons (Fsp3) is 0.217. The standard InChI is InChI=1S/C23H22N6O/c1-2-6-19-18(5-1)17(9-12-24-19)15-29-13-14-30-21(16-29)20-7-3-8-22(27-20)28-23-25-10-4-11-26-23/h1-12,21H,13-16H2,(H,25,26,27,28)/t21-/m0/s1. The molecule has 4 heterocycles. The van der Waals surface area contributed by atoms with Gasteiger partial charge in [-0.3, -0.25) is 9.88 Å². The van der Waals surface area contributed by atoms with Gasteiger partial charge in [-0.25, -0.2) is 15.0 Å². The molecule has 0 aliphatic carbocycles. The van der Waals surface area contributed by atoms with Crippen LogP contribution in [0.1, 0.15) is 17.4 Å². The monoisotopic (exact) mass is 398 g/mol. The quantitative estimate of drug-likeness (QED) is 0.549. The van der Waals surface area contributed by atoms with Crippen molar-refractivity contribution in [3.8, 4) is 0 Å². The minimum Gasteiger partial charge on any atom is -0.369 e. The largest absolute Gasteiger partial charge is 0.369 e. The smallest absolute Gasteiger partial charge is 0.228 e. The molecule has 1 N–H and O–H groups in total. The second-order valence-electron chi connectivity index (χ2n) is 7.23. The Bertz CT molecular complexity index is 1130.